The quantitative estimate of drug-likeness (QED) is 0.602. The van der Waals surface area contributed by atoms with Crippen LogP contribution in [0, 0.1) is 0 Å². The van der Waals surface area contributed by atoms with E-state index in [1.807, 2.05) is 0 Å². The van der Waals surface area contributed by atoms with Gasteiger partial charge in [-0.05, 0) is 54.1 Å². The summed E-state index contributed by atoms with van der Waals surface area (Å²) in [6.07, 6.45) is -3.01. The fourth-order valence-electron chi connectivity index (χ4n) is 1.78. The van der Waals surface area contributed by atoms with E-state index in [-0.39, 0.29) is 5.75 Å². The number of hydrazine groups is 1. The minimum atomic E-state index is -4.39. The van der Waals surface area contributed by atoms with E-state index in [0.717, 1.165) is 17.1 Å². The van der Waals surface area contributed by atoms with Crippen LogP contribution in [0.1, 0.15) is 11.1 Å². The molecule has 0 saturated carbocycles. The monoisotopic (exact) mass is 309 g/mol. The minimum Gasteiger partial charge on any atom is -0.508 e. The maximum Gasteiger partial charge on any atom is 0.416 e. The van der Waals surface area contributed by atoms with Gasteiger partial charge in [0.05, 0.1) is 16.9 Å². The van der Waals surface area contributed by atoms with Crippen LogP contribution in [0.2, 0.25) is 0 Å². The summed E-state index contributed by atoms with van der Waals surface area (Å²) in [5.41, 5.74) is 6.40. The second kappa shape index (κ2) is 5.98. The summed E-state index contributed by atoms with van der Waals surface area (Å²) < 4.78 is 37.5. The van der Waals surface area contributed by atoms with Crippen LogP contribution in [0.15, 0.2) is 54.7 Å². The van der Waals surface area contributed by atoms with Crippen LogP contribution in [0.3, 0.4) is 0 Å². The molecule has 2 rings (SSSR count). The lowest BCUT2D eigenvalue weighted by atomic mass is 10.1. The van der Waals surface area contributed by atoms with Gasteiger partial charge in [-0.1, -0.05) is 0 Å². The van der Waals surface area contributed by atoms with Crippen molar-refractivity contribution in [3.63, 3.8) is 0 Å². The van der Waals surface area contributed by atoms with Crippen molar-refractivity contribution in [1.29, 1.82) is 0 Å². The van der Waals surface area contributed by atoms with Crippen molar-refractivity contribution in [3.05, 3.63) is 65.9 Å². The zero-order valence-corrected chi connectivity index (χ0v) is 11.4. The Balaban J connectivity index is 2.19. The van der Waals surface area contributed by atoms with Crippen molar-refractivity contribution >= 4 is 11.4 Å². The van der Waals surface area contributed by atoms with Gasteiger partial charge in [0.2, 0.25) is 0 Å². The van der Waals surface area contributed by atoms with Gasteiger partial charge in [0, 0.05) is 6.20 Å². The Kier molecular flexibility index (Phi) is 4.27. The average Bonchev–Trinajstić information content (AvgIpc) is 2.47. The first kappa shape index (κ1) is 15.7. The molecule has 0 saturated heterocycles. The van der Waals surface area contributed by atoms with E-state index in [9.17, 15) is 18.3 Å². The molecule has 0 spiro atoms. The minimum absolute atomic E-state index is 0.101. The van der Waals surface area contributed by atoms with Gasteiger partial charge in [0.15, 0.2) is 0 Å². The highest BCUT2D eigenvalue weighted by Gasteiger charge is 2.30. The summed E-state index contributed by atoms with van der Waals surface area (Å²) in [5, 5.41) is 10.3. The van der Waals surface area contributed by atoms with Crippen LogP contribution < -0.4 is 16.6 Å². The summed E-state index contributed by atoms with van der Waals surface area (Å²) in [4.78, 5) is 0. The number of rotatable bonds is 3. The SMILES string of the molecule is N/C(=C\N(N)c1ccc(C(F)(F)F)cc1)c1ccc(O)cc1. The first-order valence-electron chi connectivity index (χ1n) is 6.25. The molecular formula is C15H14F3N3O. The standard InChI is InChI=1S/C15H14F3N3O/c16-15(17,18)11-3-5-12(6-4-11)21(20)9-14(19)10-1-7-13(22)8-2-10/h1-9,22H,19-20H2/b14-9-. The van der Waals surface area contributed by atoms with Crippen molar-refractivity contribution < 1.29 is 18.3 Å². The fourth-order valence-corrected chi connectivity index (χ4v) is 1.78. The molecular weight excluding hydrogens is 295 g/mol. The number of aromatic hydroxyl groups is 1. The van der Waals surface area contributed by atoms with Crippen molar-refractivity contribution in [1.82, 2.24) is 0 Å². The van der Waals surface area contributed by atoms with Crippen LogP contribution in [0.4, 0.5) is 18.9 Å². The molecule has 0 aliphatic heterocycles. The second-order valence-electron chi connectivity index (χ2n) is 4.58. The van der Waals surface area contributed by atoms with E-state index in [1.54, 1.807) is 12.1 Å². The van der Waals surface area contributed by atoms with E-state index in [0.29, 0.717) is 16.9 Å². The van der Waals surface area contributed by atoms with E-state index < -0.39 is 11.7 Å². The van der Waals surface area contributed by atoms with Crippen LogP contribution in [-0.2, 0) is 6.18 Å². The Hall–Kier alpha value is -2.67. The van der Waals surface area contributed by atoms with Crippen molar-refractivity contribution in [3.8, 4) is 5.75 Å². The number of nitrogens with two attached hydrogens (primary N) is 2. The Morgan fingerprint density at radius 1 is 1.00 bits per heavy atom. The lowest BCUT2D eigenvalue weighted by Crippen LogP contribution is -2.25. The molecule has 7 heteroatoms. The summed E-state index contributed by atoms with van der Waals surface area (Å²) in [7, 11) is 0. The van der Waals surface area contributed by atoms with Crippen LogP contribution in [-0.4, -0.2) is 5.11 Å². The molecule has 0 fully saturated rings. The molecule has 0 radical (unpaired) electrons. The first-order chi connectivity index (χ1) is 10.3. The number of phenolic OH excluding ortho intramolecular Hbond substituents is 1. The van der Waals surface area contributed by atoms with Gasteiger partial charge in [-0.25, -0.2) is 5.84 Å². The molecule has 4 nitrogen and oxygen atoms in total. The zero-order valence-electron chi connectivity index (χ0n) is 11.4. The predicted molar refractivity (Wildman–Crippen MR) is 78.4 cm³/mol. The van der Waals surface area contributed by atoms with Gasteiger partial charge in [0.1, 0.15) is 5.75 Å². The van der Waals surface area contributed by atoms with Crippen LogP contribution >= 0.6 is 0 Å². The number of halogens is 3. The Labute approximate surface area is 125 Å². The maximum absolute atomic E-state index is 12.5. The molecule has 5 N–H and O–H groups in total. The van der Waals surface area contributed by atoms with Crippen LogP contribution in [0.25, 0.3) is 5.70 Å². The smallest absolute Gasteiger partial charge is 0.416 e. The Bertz CT molecular complexity index is 664. The number of phenols is 1. The number of benzene rings is 2. The molecule has 0 aliphatic rings. The number of alkyl halides is 3. The van der Waals surface area contributed by atoms with Gasteiger partial charge >= 0.3 is 6.18 Å². The topological polar surface area (TPSA) is 75.5 Å². The molecule has 0 heterocycles. The Morgan fingerprint density at radius 3 is 2.05 bits per heavy atom. The molecule has 0 amide bonds. The number of nitrogens with zero attached hydrogens (tertiary/aromatic N) is 1. The lowest BCUT2D eigenvalue weighted by Gasteiger charge is -2.16. The first-order valence-corrected chi connectivity index (χ1v) is 6.25. The highest BCUT2D eigenvalue weighted by atomic mass is 19.4. The Morgan fingerprint density at radius 2 is 1.55 bits per heavy atom. The molecule has 2 aromatic rings. The lowest BCUT2D eigenvalue weighted by molar-refractivity contribution is -0.137. The van der Waals surface area contributed by atoms with E-state index >= 15 is 0 Å². The van der Waals surface area contributed by atoms with Gasteiger partial charge in [-0.3, -0.25) is 5.01 Å². The summed E-state index contributed by atoms with van der Waals surface area (Å²) in [6.45, 7) is 0. The molecule has 0 bridgehead atoms. The molecule has 0 aromatic heterocycles. The van der Waals surface area contributed by atoms with Crippen LogP contribution in [0.5, 0.6) is 5.75 Å². The fraction of sp³-hybridized carbons (Fsp3) is 0.0667. The normalized spacial score (nSPS) is 12.3. The zero-order chi connectivity index (χ0) is 16.3. The highest BCUT2D eigenvalue weighted by Crippen LogP contribution is 2.30. The highest BCUT2D eigenvalue weighted by molar-refractivity contribution is 5.66. The molecule has 116 valence electrons. The molecule has 0 atom stereocenters. The molecule has 0 aliphatic carbocycles. The number of hydrogen-bond acceptors (Lipinski definition) is 4. The third-order valence-electron chi connectivity index (χ3n) is 2.97. The second-order valence-corrected chi connectivity index (χ2v) is 4.58. The number of hydrogen-bond donors (Lipinski definition) is 3. The maximum atomic E-state index is 12.5. The van der Waals surface area contributed by atoms with Gasteiger partial charge in [0.25, 0.3) is 0 Å². The largest absolute Gasteiger partial charge is 0.508 e. The summed E-state index contributed by atoms with van der Waals surface area (Å²) >= 11 is 0. The summed E-state index contributed by atoms with van der Waals surface area (Å²) in [5.74, 6) is 5.87. The predicted octanol–water partition coefficient (Wildman–Crippen LogP) is 3.05. The van der Waals surface area contributed by atoms with E-state index in [4.69, 9.17) is 11.6 Å². The average molecular weight is 309 g/mol. The van der Waals surface area contributed by atoms with Crippen molar-refractivity contribution in [2.45, 2.75) is 6.18 Å². The van der Waals surface area contributed by atoms with E-state index in [1.165, 1.54) is 30.5 Å². The number of anilines is 1. The summed E-state index contributed by atoms with van der Waals surface area (Å²) in [6, 6.07) is 10.5. The third kappa shape index (κ3) is 3.70. The molecule has 2 aromatic carbocycles. The van der Waals surface area contributed by atoms with Crippen molar-refractivity contribution in [2.75, 3.05) is 5.01 Å². The molecule has 0 unspecified atom stereocenters. The van der Waals surface area contributed by atoms with Gasteiger partial charge in [-0.15, -0.1) is 0 Å². The van der Waals surface area contributed by atoms with Gasteiger partial charge in [-0.2, -0.15) is 13.2 Å². The molecule has 22 heavy (non-hydrogen) atoms. The third-order valence-corrected chi connectivity index (χ3v) is 2.97. The van der Waals surface area contributed by atoms with Crippen molar-refractivity contribution in [2.24, 2.45) is 11.6 Å². The van der Waals surface area contributed by atoms with Gasteiger partial charge < -0.3 is 10.8 Å². The van der Waals surface area contributed by atoms with E-state index in [2.05, 4.69) is 0 Å².